The molecule has 0 bridgehead atoms. The fourth-order valence-electron chi connectivity index (χ4n) is 4.28. The molecule has 0 fully saturated rings. The highest BCUT2D eigenvalue weighted by molar-refractivity contribution is 6.33. The van der Waals surface area contributed by atoms with E-state index in [9.17, 15) is 4.79 Å². The third-order valence-electron chi connectivity index (χ3n) is 5.64. The molecule has 0 saturated carbocycles. The Hall–Kier alpha value is -2.01. The van der Waals surface area contributed by atoms with Crippen molar-refractivity contribution in [2.24, 2.45) is 0 Å². The molecule has 0 amide bonds. The van der Waals surface area contributed by atoms with E-state index in [0.29, 0.717) is 36.2 Å². The first-order valence-electron chi connectivity index (χ1n) is 9.50. The van der Waals surface area contributed by atoms with Crippen LogP contribution < -0.4 is 10.4 Å². The van der Waals surface area contributed by atoms with Crippen LogP contribution in [0.5, 0.6) is 5.75 Å². The summed E-state index contributed by atoms with van der Waals surface area (Å²) < 4.78 is 11.7. The minimum absolute atomic E-state index is 0.227. The van der Waals surface area contributed by atoms with Crippen LogP contribution in [0.3, 0.4) is 0 Å². The highest BCUT2D eigenvalue weighted by atomic mass is 35.5. The van der Waals surface area contributed by atoms with Crippen LogP contribution in [0, 0.1) is 0 Å². The van der Waals surface area contributed by atoms with Crippen molar-refractivity contribution >= 4 is 34.2 Å². The Morgan fingerprint density at radius 1 is 1.00 bits per heavy atom. The number of ether oxygens (including phenoxy) is 1. The van der Waals surface area contributed by atoms with Gasteiger partial charge in [-0.15, -0.1) is 0 Å². The quantitative estimate of drug-likeness (QED) is 0.530. The Labute approximate surface area is 172 Å². The molecule has 1 aliphatic carbocycles. The summed E-state index contributed by atoms with van der Waals surface area (Å²) in [6.07, 6.45) is 3.76. The normalized spacial score (nSPS) is 16.5. The maximum absolute atomic E-state index is 12.6. The summed E-state index contributed by atoms with van der Waals surface area (Å²) in [6, 6.07) is 9.67. The number of rotatable bonds is 2. The van der Waals surface area contributed by atoms with Gasteiger partial charge in [0.25, 0.3) is 0 Å². The fourth-order valence-corrected chi connectivity index (χ4v) is 4.76. The summed E-state index contributed by atoms with van der Waals surface area (Å²) in [6.45, 7) is 1.63. The molecule has 0 atom stereocenters. The van der Waals surface area contributed by atoms with Crippen LogP contribution in [0.25, 0.3) is 11.0 Å². The van der Waals surface area contributed by atoms with Gasteiger partial charge in [0.2, 0.25) is 0 Å². The second-order valence-corrected chi connectivity index (χ2v) is 8.26. The lowest BCUT2D eigenvalue weighted by Gasteiger charge is -2.30. The van der Waals surface area contributed by atoms with E-state index in [0.717, 1.165) is 58.3 Å². The van der Waals surface area contributed by atoms with E-state index in [-0.39, 0.29) is 5.63 Å². The third kappa shape index (κ3) is 3.00. The van der Waals surface area contributed by atoms with Gasteiger partial charge in [-0.2, -0.15) is 0 Å². The molecule has 0 N–H and O–H groups in total. The molecule has 1 aromatic heterocycles. The molecule has 144 valence electrons. The van der Waals surface area contributed by atoms with Crippen molar-refractivity contribution in [1.29, 1.82) is 0 Å². The second kappa shape index (κ2) is 7.11. The molecule has 28 heavy (non-hydrogen) atoms. The lowest BCUT2D eigenvalue weighted by atomic mass is 9.90. The van der Waals surface area contributed by atoms with Gasteiger partial charge in [-0.05, 0) is 48.9 Å². The first kappa shape index (κ1) is 18.0. The van der Waals surface area contributed by atoms with Gasteiger partial charge in [0, 0.05) is 29.1 Å². The maximum Gasteiger partial charge on any atom is 0.339 e. The largest absolute Gasteiger partial charge is 0.476 e. The average molecular weight is 416 g/mol. The van der Waals surface area contributed by atoms with E-state index in [1.807, 2.05) is 30.3 Å². The molecule has 4 nitrogen and oxygen atoms in total. The highest BCUT2D eigenvalue weighted by Crippen LogP contribution is 2.41. The van der Waals surface area contributed by atoms with Crippen LogP contribution in [-0.2, 0) is 25.9 Å². The summed E-state index contributed by atoms with van der Waals surface area (Å²) >= 11 is 12.9. The van der Waals surface area contributed by atoms with Crippen molar-refractivity contribution in [3.63, 3.8) is 0 Å². The van der Waals surface area contributed by atoms with Crippen LogP contribution in [0.4, 0.5) is 0 Å². The molecule has 3 aromatic rings. The predicted octanol–water partition coefficient (Wildman–Crippen LogP) is 5.33. The van der Waals surface area contributed by atoms with Crippen molar-refractivity contribution in [3.8, 4) is 5.75 Å². The minimum atomic E-state index is -0.227. The van der Waals surface area contributed by atoms with Crippen LogP contribution in [0.15, 0.2) is 39.5 Å². The molecule has 1 aliphatic heterocycles. The molecular formula is C22H19Cl2NO3. The van der Waals surface area contributed by atoms with E-state index in [1.54, 1.807) is 0 Å². The second-order valence-electron chi connectivity index (χ2n) is 7.45. The van der Waals surface area contributed by atoms with E-state index in [4.69, 9.17) is 32.4 Å². The summed E-state index contributed by atoms with van der Waals surface area (Å²) in [5, 5.41) is 2.24. The minimum Gasteiger partial charge on any atom is -0.476 e. The van der Waals surface area contributed by atoms with Crippen molar-refractivity contribution in [1.82, 2.24) is 4.90 Å². The van der Waals surface area contributed by atoms with E-state index in [2.05, 4.69) is 4.90 Å². The van der Waals surface area contributed by atoms with Gasteiger partial charge in [-0.3, -0.25) is 4.90 Å². The SMILES string of the molecule is O=c1oc2c3c(c(Cl)cc2c2c1CCCC2)OCN(Cc1ccccc1Cl)C3. The van der Waals surface area contributed by atoms with Crippen molar-refractivity contribution in [2.45, 2.75) is 38.8 Å². The van der Waals surface area contributed by atoms with Gasteiger partial charge in [0.15, 0.2) is 0 Å². The zero-order valence-corrected chi connectivity index (χ0v) is 16.8. The van der Waals surface area contributed by atoms with Crippen LogP contribution >= 0.6 is 23.2 Å². The standard InChI is InChI=1S/C22H19Cl2NO3/c23-18-8-4-1-5-13(18)10-25-11-17-20-16(9-19(24)21(17)27-12-25)14-6-2-3-7-15(14)22(26)28-20/h1,4-5,8-9H,2-3,6-7,10-12H2. The van der Waals surface area contributed by atoms with Gasteiger partial charge in [-0.1, -0.05) is 41.4 Å². The smallest absolute Gasteiger partial charge is 0.339 e. The number of hydrogen-bond donors (Lipinski definition) is 0. The Kier molecular flexibility index (Phi) is 4.58. The molecule has 5 rings (SSSR count). The van der Waals surface area contributed by atoms with Crippen molar-refractivity contribution < 1.29 is 9.15 Å². The Balaban J connectivity index is 1.60. The monoisotopic (exact) mass is 415 g/mol. The molecule has 0 saturated heterocycles. The van der Waals surface area contributed by atoms with Crippen molar-refractivity contribution in [2.75, 3.05) is 6.73 Å². The van der Waals surface area contributed by atoms with Gasteiger partial charge in [-0.25, -0.2) is 4.79 Å². The lowest BCUT2D eigenvalue weighted by Crippen LogP contribution is -2.32. The number of halogens is 2. The zero-order chi connectivity index (χ0) is 19.3. The Morgan fingerprint density at radius 3 is 2.61 bits per heavy atom. The van der Waals surface area contributed by atoms with Crippen LogP contribution in [0.1, 0.15) is 35.1 Å². The number of aryl methyl sites for hydroxylation is 1. The lowest BCUT2D eigenvalue weighted by molar-refractivity contribution is 0.0891. The molecule has 2 aliphatic rings. The Morgan fingerprint density at radius 2 is 1.79 bits per heavy atom. The molecule has 2 aromatic carbocycles. The molecule has 0 unspecified atom stereocenters. The molecule has 6 heteroatoms. The molecule has 0 spiro atoms. The number of fused-ring (bicyclic) bond motifs is 5. The summed E-state index contributed by atoms with van der Waals surface area (Å²) in [5.74, 6) is 0.614. The molecule has 0 radical (unpaired) electrons. The first-order valence-corrected chi connectivity index (χ1v) is 10.3. The summed E-state index contributed by atoms with van der Waals surface area (Å²) in [7, 11) is 0. The Bertz CT molecular complexity index is 1140. The molecule has 2 heterocycles. The number of benzene rings is 2. The van der Waals surface area contributed by atoms with Gasteiger partial charge in [0.1, 0.15) is 18.1 Å². The zero-order valence-electron chi connectivity index (χ0n) is 15.3. The van der Waals surface area contributed by atoms with E-state index < -0.39 is 0 Å². The predicted molar refractivity (Wildman–Crippen MR) is 110 cm³/mol. The highest BCUT2D eigenvalue weighted by Gasteiger charge is 2.27. The van der Waals surface area contributed by atoms with Crippen molar-refractivity contribution in [3.05, 3.63) is 73.1 Å². The van der Waals surface area contributed by atoms with E-state index in [1.165, 1.54) is 0 Å². The topological polar surface area (TPSA) is 42.7 Å². The summed E-state index contributed by atoms with van der Waals surface area (Å²) in [4.78, 5) is 14.7. The number of hydrogen-bond acceptors (Lipinski definition) is 4. The van der Waals surface area contributed by atoms with Crippen LogP contribution in [-0.4, -0.2) is 11.6 Å². The van der Waals surface area contributed by atoms with Crippen LogP contribution in [0.2, 0.25) is 10.0 Å². The molecular weight excluding hydrogens is 397 g/mol. The fraction of sp³-hybridized carbons (Fsp3) is 0.318. The van der Waals surface area contributed by atoms with Gasteiger partial charge in [0.05, 0.1) is 10.6 Å². The van der Waals surface area contributed by atoms with E-state index >= 15 is 0 Å². The maximum atomic E-state index is 12.6. The average Bonchev–Trinajstić information content (AvgIpc) is 2.71. The third-order valence-corrected chi connectivity index (χ3v) is 6.29. The van der Waals surface area contributed by atoms with Gasteiger partial charge < -0.3 is 9.15 Å². The number of nitrogens with zero attached hydrogens (tertiary/aromatic N) is 1. The first-order chi connectivity index (χ1) is 13.6. The summed E-state index contributed by atoms with van der Waals surface area (Å²) in [5.41, 5.74) is 4.14. The van der Waals surface area contributed by atoms with Gasteiger partial charge >= 0.3 is 5.63 Å².